The molecule has 3 N–H and O–H groups in total. The summed E-state index contributed by atoms with van der Waals surface area (Å²) in [5.41, 5.74) is 6.00. The van der Waals surface area contributed by atoms with Crippen molar-refractivity contribution in [1.82, 2.24) is 5.32 Å². The molecule has 0 spiro atoms. The first kappa shape index (κ1) is 11.9. The van der Waals surface area contributed by atoms with Gasteiger partial charge in [-0.15, -0.1) is 0 Å². The smallest absolute Gasteiger partial charge is 0.223 e. The van der Waals surface area contributed by atoms with Crippen LogP contribution in [0.25, 0.3) is 0 Å². The molecule has 1 amide bonds. The van der Waals surface area contributed by atoms with E-state index in [1.54, 1.807) is 0 Å². The molecule has 2 rings (SSSR count). The van der Waals surface area contributed by atoms with Crippen LogP contribution >= 0.6 is 0 Å². The number of carbonyl (C=O) groups is 1. The zero-order valence-electron chi connectivity index (χ0n) is 10.5. The van der Waals surface area contributed by atoms with Crippen molar-refractivity contribution in [2.45, 2.75) is 52.0 Å². The minimum absolute atomic E-state index is 0.233. The van der Waals surface area contributed by atoms with E-state index in [0.717, 1.165) is 12.8 Å². The Kier molecular flexibility index (Phi) is 3.24. The highest BCUT2D eigenvalue weighted by Crippen LogP contribution is 2.51. The summed E-state index contributed by atoms with van der Waals surface area (Å²) in [4.78, 5) is 12.0. The predicted molar refractivity (Wildman–Crippen MR) is 64.8 cm³/mol. The van der Waals surface area contributed by atoms with Gasteiger partial charge in [0.05, 0.1) is 0 Å². The Labute approximate surface area is 98.2 Å². The number of amides is 1. The Bertz CT molecular complexity index is 275. The fourth-order valence-electron chi connectivity index (χ4n) is 2.88. The van der Waals surface area contributed by atoms with Crippen LogP contribution in [-0.2, 0) is 4.79 Å². The fourth-order valence-corrected chi connectivity index (χ4v) is 2.88. The van der Waals surface area contributed by atoms with Gasteiger partial charge >= 0.3 is 0 Å². The average molecular weight is 224 g/mol. The Morgan fingerprint density at radius 1 is 1.38 bits per heavy atom. The molecule has 0 saturated heterocycles. The van der Waals surface area contributed by atoms with Crippen LogP contribution in [0.3, 0.4) is 0 Å². The summed E-state index contributed by atoms with van der Waals surface area (Å²) in [6.45, 7) is 5.04. The lowest BCUT2D eigenvalue weighted by Crippen LogP contribution is -2.45. The molecular weight excluding hydrogens is 200 g/mol. The van der Waals surface area contributed by atoms with Crippen molar-refractivity contribution in [2.75, 3.05) is 6.54 Å². The molecule has 3 heteroatoms. The maximum Gasteiger partial charge on any atom is 0.223 e. The summed E-state index contributed by atoms with van der Waals surface area (Å²) in [7, 11) is 0. The van der Waals surface area contributed by atoms with Crippen molar-refractivity contribution >= 4 is 5.91 Å². The molecule has 0 heterocycles. The number of hydrogen-bond acceptors (Lipinski definition) is 2. The monoisotopic (exact) mass is 224 g/mol. The highest BCUT2D eigenvalue weighted by molar-refractivity contribution is 5.82. The van der Waals surface area contributed by atoms with E-state index in [1.807, 2.05) is 0 Å². The molecule has 3 nitrogen and oxygen atoms in total. The fraction of sp³-hybridized carbons (Fsp3) is 0.923. The maximum atomic E-state index is 12.0. The standard InChI is InChI=1S/C13H24N2O/c1-13(2)7-10(13)12(16)15-11-6-4-3-5-9(11)8-14/h9-11H,3-8,14H2,1-2H3,(H,15,16). The lowest BCUT2D eigenvalue weighted by atomic mass is 9.84. The van der Waals surface area contributed by atoms with Crippen LogP contribution in [0.5, 0.6) is 0 Å². The summed E-state index contributed by atoms with van der Waals surface area (Å²) in [6.07, 6.45) is 5.83. The van der Waals surface area contributed by atoms with Crippen molar-refractivity contribution in [3.63, 3.8) is 0 Å². The summed E-state index contributed by atoms with van der Waals surface area (Å²) >= 11 is 0. The van der Waals surface area contributed by atoms with Gasteiger partial charge in [-0.3, -0.25) is 4.79 Å². The molecule has 0 aliphatic heterocycles. The molecule has 2 aliphatic carbocycles. The molecule has 92 valence electrons. The van der Waals surface area contributed by atoms with E-state index in [-0.39, 0.29) is 17.2 Å². The normalized spacial score (nSPS) is 36.8. The van der Waals surface area contributed by atoms with Crippen molar-refractivity contribution in [3.05, 3.63) is 0 Å². The molecule has 0 aromatic carbocycles. The van der Waals surface area contributed by atoms with Crippen LogP contribution in [0.4, 0.5) is 0 Å². The van der Waals surface area contributed by atoms with Gasteiger partial charge in [-0.05, 0) is 37.1 Å². The first-order chi connectivity index (χ1) is 7.54. The SMILES string of the molecule is CC1(C)CC1C(=O)NC1CCCCC1CN. The molecule has 2 saturated carbocycles. The van der Waals surface area contributed by atoms with Gasteiger partial charge < -0.3 is 11.1 Å². The third-order valence-corrected chi connectivity index (χ3v) is 4.37. The van der Waals surface area contributed by atoms with Gasteiger partial charge in [0.25, 0.3) is 0 Å². The summed E-state index contributed by atoms with van der Waals surface area (Å²) < 4.78 is 0. The lowest BCUT2D eigenvalue weighted by Gasteiger charge is -2.31. The van der Waals surface area contributed by atoms with Crippen LogP contribution in [-0.4, -0.2) is 18.5 Å². The lowest BCUT2D eigenvalue weighted by molar-refractivity contribution is -0.124. The number of nitrogens with two attached hydrogens (primary N) is 1. The number of rotatable bonds is 3. The van der Waals surface area contributed by atoms with Gasteiger partial charge in [0.1, 0.15) is 0 Å². The third-order valence-electron chi connectivity index (χ3n) is 4.37. The van der Waals surface area contributed by atoms with E-state index in [0.29, 0.717) is 18.5 Å². The van der Waals surface area contributed by atoms with E-state index in [2.05, 4.69) is 19.2 Å². The molecule has 0 radical (unpaired) electrons. The summed E-state index contributed by atoms with van der Waals surface area (Å²) in [5.74, 6) is 1.00. The van der Waals surface area contributed by atoms with Crippen molar-refractivity contribution in [3.8, 4) is 0 Å². The second kappa shape index (κ2) is 4.36. The Morgan fingerprint density at radius 2 is 2.00 bits per heavy atom. The summed E-state index contributed by atoms with van der Waals surface area (Å²) in [6, 6.07) is 0.336. The number of hydrogen-bond donors (Lipinski definition) is 2. The zero-order chi connectivity index (χ0) is 11.8. The molecular formula is C13H24N2O. The largest absolute Gasteiger partial charge is 0.353 e. The van der Waals surface area contributed by atoms with Gasteiger partial charge in [0, 0.05) is 12.0 Å². The van der Waals surface area contributed by atoms with Gasteiger partial charge in [-0.2, -0.15) is 0 Å². The average Bonchev–Trinajstić information content (AvgIpc) is 2.89. The van der Waals surface area contributed by atoms with Crippen LogP contribution in [0.2, 0.25) is 0 Å². The number of carbonyl (C=O) groups excluding carboxylic acids is 1. The highest BCUT2D eigenvalue weighted by Gasteiger charge is 2.51. The third kappa shape index (κ3) is 2.40. The van der Waals surface area contributed by atoms with Gasteiger partial charge in [0.2, 0.25) is 5.91 Å². The van der Waals surface area contributed by atoms with Crippen LogP contribution in [0.1, 0.15) is 46.0 Å². The van der Waals surface area contributed by atoms with E-state index in [4.69, 9.17) is 5.73 Å². The Hall–Kier alpha value is -0.570. The second-order valence-electron chi connectivity index (χ2n) is 6.14. The first-order valence-corrected chi connectivity index (χ1v) is 6.55. The molecule has 2 fully saturated rings. The van der Waals surface area contributed by atoms with Crippen molar-refractivity contribution in [1.29, 1.82) is 0 Å². The molecule has 3 unspecified atom stereocenters. The second-order valence-corrected chi connectivity index (χ2v) is 6.14. The zero-order valence-corrected chi connectivity index (χ0v) is 10.5. The predicted octanol–water partition coefficient (Wildman–Crippen LogP) is 1.67. The van der Waals surface area contributed by atoms with Gasteiger partial charge in [-0.1, -0.05) is 26.7 Å². The van der Waals surface area contributed by atoms with Gasteiger partial charge in [-0.25, -0.2) is 0 Å². The minimum Gasteiger partial charge on any atom is -0.353 e. The maximum absolute atomic E-state index is 12.0. The van der Waals surface area contributed by atoms with E-state index in [1.165, 1.54) is 19.3 Å². The van der Waals surface area contributed by atoms with E-state index in [9.17, 15) is 4.79 Å². The quantitative estimate of drug-likeness (QED) is 0.766. The molecule has 16 heavy (non-hydrogen) atoms. The van der Waals surface area contributed by atoms with E-state index >= 15 is 0 Å². The summed E-state index contributed by atoms with van der Waals surface area (Å²) in [5, 5.41) is 3.22. The Morgan fingerprint density at radius 3 is 2.56 bits per heavy atom. The number of nitrogens with one attached hydrogen (secondary N) is 1. The van der Waals surface area contributed by atoms with Gasteiger partial charge in [0.15, 0.2) is 0 Å². The molecule has 2 aliphatic rings. The highest BCUT2D eigenvalue weighted by atomic mass is 16.2. The molecule has 0 aromatic rings. The first-order valence-electron chi connectivity index (χ1n) is 6.55. The Balaban J connectivity index is 1.86. The molecule has 0 aromatic heterocycles. The van der Waals surface area contributed by atoms with Crippen LogP contribution < -0.4 is 11.1 Å². The molecule has 3 atom stereocenters. The van der Waals surface area contributed by atoms with Crippen molar-refractivity contribution < 1.29 is 4.79 Å². The minimum atomic E-state index is 0.233. The van der Waals surface area contributed by atoms with E-state index < -0.39 is 0 Å². The van der Waals surface area contributed by atoms with Crippen LogP contribution in [0, 0.1) is 17.3 Å². The van der Waals surface area contributed by atoms with Crippen LogP contribution in [0.15, 0.2) is 0 Å². The molecule has 0 bridgehead atoms. The van der Waals surface area contributed by atoms with Crippen molar-refractivity contribution in [2.24, 2.45) is 23.0 Å². The topological polar surface area (TPSA) is 55.1 Å².